The molecule has 1 aliphatic heterocycles. The lowest BCUT2D eigenvalue weighted by molar-refractivity contribution is -0.127. The monoisotopic (exact) mass is 395 g/mol. The lowest BCUT2D eigenvalue weighted by Crippen LogP contribution is -2.45. The molecule has 1 saturated heterocycles. The molecule has 0 spiro atoms. The number of pyridine rings is 2. The Hall–Kier alpha value is -2.93. The minimum absolute atomic E-state index is 0.0153. The first-order valence-corrected chi connectivity index (χ1v) is 10.1. The van der Waals surface area contributed by atoms with Crippen LogP contribution in [0, 0.1) is 0 Å². The van der Waals surface area contributed by atoms with Gasteiger partial charge in [0.25, 0.3) is 5.56 Å². The van der Waals surface area contributed by atoms with Crippen LogP contribution in [0.2, 0.25) is 0 Å². The highest BCUT2D eigenvalue weighted by Crippen LogP contribution is 2.20. The minimum atomic E-state index is -0.161. The van der Waals surface area contributed by atoms with Crippen molar-refractivity contribution in [3.05, 3.63) is 59.3 Å². The van der Waals surface area contributed by atoms with Gasteiger partial charge in [-0.1, -0.05) is 19.9 Å². The van der Waals surface area contributed by atoms with E-state index in [9.17, 15) is 9.59 Å². The summed E-state index contributed by atoms with van der Waals surface area (Å²) in [4.78, 5) is 33.4. The molecule has 3 heterocycles. The number of rotatable bonds is 7. The zero-order chi connectivity index (χ0) is 20.6. The van der Waals surface area contributed by atoms with Gasteiger partial charge in [0.1, 0.15) is 5.69 Å². The summed E-state index contributed by atoms with van der Waals surface area (Å²) in [6, 6.07) is 6.09. The molecular formula is C22H29N5O2. The van der Waals surface area contributed by atoms with Gasteiger partial charge in [-0.25, -0.2) is 0 Å². The molecule has 0 aromatic carbocycles. The van der Waals surface area contributed by atoms with Crippen LogP contribution in [0.25, 0.3) is 11.1 Å². The molecule has 1 aliphatic rings. The molecular weight excluding hydrogens is 366 g/mol. The zero-order valence-corrected chi connectivity index (χ0v) is 17.0. The summed E-state index contributed by atoms with van der Waals surface area (Å²) < 4.78 is 0. The summed E-state index contributed by atoms with van der Waals surface area (Å²) in [6.45, 7) is 6.14. The van der Waals surface area contributed by atoms with Crippen LogP contribution in [-0.2, 0) is 4.79 Å². The maximum Gasteiger partial charge on any atom is 0.271 e. The fourth-order valence-electron chi connectivity index (χ4n) is 3.39. The number of aromatic amines is 1. The summed E-state index contributed by atoms with van der Waals surface area (Å²) in [7, 11) is 0. The second-order valence-electron chi connectivity index (χ2n) is 7.60. The number of carbonyl (C=O) groups excluding carboxylic acids is 1. The van der Waals surface area contributed by atoms with Gasteiger partial charge in [0.15, 0.2) is 0 Å². The summed E-state index contributed by atoms with van der Waals surface area (Å²) in [5, 5.41) is 6.59. The first-order valence-electron chi connectivity index (χ1n) is 10.1. The molecule has 0 unspecified atom stereocenters. The Bertz CT molecular complexity index is 892. The predicted octanol–water partition coefficient (Wildman–Crippen LogP) is 2.39. The average molecular weight is 396 g/mol. The molecule has 29 heavy (non-hydrogen) atoms. The first kappa shape index (κ1) is 20.8. The van der Waals surface area contributed by atoms with Gasteiger partial charge in [-0.3, -0.25) is 14.6 Å². The van der Waals surface area contributed by atoms with Crippen LogP contribution in [0.15, 0.2) is 53.7 Å². The molecule has 2 aromatic rings. The number of H-pyrrole nitrogens is 1. The average Bonchev–Trinajstić information content (AvgIpc) is 2.73. The van der Waals surface area contributed by atoms with Crippen LogP contribution in [0.5, 0.6) is 0 Å². The molecule has 154 valence electrons. The quantitative estimate of drug-likeness (QED) is 0.627. The number of anilines is 1. The number of amides is 1. The predicted molar refractivity (Wildman–Crippen MR) is 116 cm³/mol. The topological polar surface area (TPSA) is 90.1 Å². The molecule has 7 heteroatoms. The van der Waals surface area contributed by atoms with Crippen LogP contribution in [0.1, 0.15) is 26.7 Å². The van der Waals surface area contributed by atoms with E-state index in [1.165, 1.54) is 0 Å². The number of carbonyl (C=O) groups is 1. The van der Waals surface area contributed by atoms with E-state index in [1.54, 1.807) is 24.7 Å². The van der Waals surface area contributed by atoms with Gasteiger partial charge >= 0.3 is 0 Å². The van der Waals surface area contributed by atoms with Crippen molar-refractivity contribution in [3.63, 3.8) is 0 Å². The molecule has 0 aliphatic carbocycles. The van der Waals surface area contributed by atoms with E-state index in [0.29, 0.717) is 24.8 Å². The summed E-state index contributed by atoms with van der Waals surface area (Å²) >= 11 is 0. The van der Waals surface area contributed by atoms with E-state index >= 15 is 0 Å². The van der Waals surface area contributed by atoms with Gasteiger partial charge < -0.3 is 20.5 Å². The molecule has 1 atom stereocenters. The van der Waals surface area contributed by atoms with E-state index in [4.69, 9.17) is 0 Å². The fraction of sp³-hybridized carbons (Fsp3) is 0.409. The van der Waals surface area contributed by atoms with Crippen LogP contribution < -0.4 is 16.2 Å². The molecule has 0 bridgehead atoms. The third-order valence-corrected chi connectivity index (χ3v) is 4.91. The minimum Gasteiger partial charge on any atom is -0.376 e. The van der Waals surface area contributed by atoms with Gasteiger partial charge in [0.2, 0.25) is 5.91 Å². The van der Waals surface area contributed by atoms with Crippen molar-refractivity contribution < 1.29 is 4.79 Å². The van der Waals surface area contributed by atoms with Gasteiger partial charge in [0, 0.05) is 61.9 Å². The van der Waals surface area contributed by atoms with Crippen molar-refractivity contribution in [3.8, 4) is 11.1 Å². The van der Waals surface area contributed by atoms with Gasteiger partial charge in [0.05, 0.1) is 0 Å². The maximum absolute atomic E-state index is 12.5. The normalized spacial score (nSPS) is 17.1. The number of nitrogens with one attached hydrogen (secondary N) is 3. The Labute approximate surface area is 171 Å². The lowest BCUT2D eigenvalue weighted by atomic mass is 10.0. The zero-order valence-electron chi connectivity index (χ0n) is 17.0. The highest BCUT2D eigenvalue weighted by molar-refractivity contribution is 5.87. The smallest absolute Gasteiger partial charge is 0.271 e. The molecule has 3 N–H and O–H groups in total. The standard InChI is InChI=1S/C22H29N5O2/c1-16(2)24-9-3-6-21(28)27-12-4-5-19(15-27)26-20-13-18(14-25-22(20)29)17-7-10-23-11-8-17/h3,6-8,10-11,13-14,16,19,24,26H,4-5,9,12,15H2,1-2H3,(H,25,29)/t19-/m1/s1. The van der Waals surface area contributed by atoms with E-state index in [-0.39, 0.29) is 17.5 Å². The first-order chi connectivity index (χ1) is 14.0. The van der Waals surface area contributed by atoms with Gasteiger partial charge in [-0.2, -0.15) is 0 Å². The van der Waals surface area contributed by atoms with E-state index in [0.717, 1.165) is 30.5 Å². The lowest BCUT2D eigenvalue weighted by Gasteiger charge is -2.33. The Morgan fingerprint density at radius 1 is 1.34 bits per heavy atom. The van der Waals surface area contributed by atoms with Crippen molar-refractivity contribution in [1.82, 2.24) is 20.2 Å². The fourth-order valence-corrected chi connectivity index (χ4v) is 3.39. The Morgan fingerprint density at radius 2 is 2.14 bits per heavy atom. The molecule has 3 rings (SSSR count). The molecule has 1 fully saturated rings. The number of piperidine rings is 1. The van der Waals surface area contributed by atoms with Crippen LogP contribution in [-0.4, -0.2) is 52.5 Å². The summed E-state index contributed by atoms with van der Waals surface area (Å²) in [6.07, 6.45) is 10.5. The summed E-state index contributed by atoms with van der Waals surface area (Å²) in [5.74, 6) is 0.0153. The third-order valence-electron chi connectivity index (χ3n) is 4.91. The largest absolute Gasteiger partial charge is 0.376 e. The molecule has 0 saturated carbocycles. The van der Waals surface area contributed by atoms with Crippen molar-refractivity contribution in [2.45, 2.75) is 38.8 Å². The Morgan fingerprint density at radius 3 is 2.90 bits per heavy atom. The molecule has 7 nitrogen and oxygen atoms in total. The Kier molecular flexibility index (Phi) is 7.19. The van der Waals surface area contributed by atoms with Gasteiger partial charge in [-0.05, 0) is 36.6 Å². The molecule has 2 aromatic heterocycles. The maximum atomic E-state index is 12.5. The van der Waals surface area contributed by atoms with Crippen LogP contribution in [0.3, 0.4) is 0 Å². The third kappa shape index (κ3) is 6.02. The number of nitrogens with zero attached hydrogens (tertiary/aromatic N) is 2. The van der Waals surface area contributed by atoms with Crippen LogP contribution >= 0.6 is 0 Å². The SMILES string of the molecule is CC(C)NCC=CC(=O)N1CCC[C@@H](Nc2cc(-c3ccncc3)c[nH]c2=O)C1. The van der Waals surface area contributed by atoms with E-state index < -0.39 is 0 Å². The number of likely N-dealkylation sites (tertiary alicyclic amines) is 1. The van der Waals surface area contributed by atoms with Crippen molar-refractivity contribution >= 4 is 11.6 Å². The molecule has 0 radical (unpaired) electrons. The highest BCUT2D eigenvalue weighted by Gasteiger charge is 2.23. The van der Waals surface area contributed by atoms with Gasteiger partial charge in [-0.15, -0.1) is 0 Å². The van der Waals surface area contributed by atoms with E-state index in [2.05, 4.69) is 34.4 Å². The van der Waals surface area contributed by atoms with Crippen molar-refractivity contribution in [2.24, 2.45) is 0 Å². The number of hydrogen-bond acceptors (Lipinski definition) is 5. The van der Waals surface area contributed by atoms with E-state index in [1.807, 2.05) is 29.2 Å². The van der Waals surface area contributed by atoms with Crippen LogP contribution in [0.4, 0.5) is 5.69 Å². The Balaban J connectivity index is 1.63. The van der Waals surface area contributed by atoms with Crippen molar-refractivity contribution in [1.29, 1.82) is 0 Å². The second-order valence-corrected chi connectivity index (χ2v) is 7.60. The number of hydrogen-bond donors (Lipinski definition) is 3. The highest BCUT2D eigenvalue weighted by atomic mass is 16.2. The molecule has 1 amide bonds. The van der Waals surface area contributed by atoms with Crippen molar-refractivity contribution in [2.75, 3.05) is 25.0 Å². The second kappa shape index (κ2) is 10.0. The summed E-state index contributed by atoms with van der Waals surface area (Å²) in [5.41, 5.74) is 2.26. The number of aromatic nitrogens is 2.